The van der Waals surface area contributed by atoms with Crippen LogP contribution in [0.1, 0.15) is 43.6 Å². The first-order chi connectivity index (χ1) is 18.7. The number of hydrogen-bond acceptors (Lipinski definition) is 7. The molecule has 3 aromatic carbocycles. The molecule has 3 amide bonds. The lowest BCUT2D eigenvalue weighted by molar-refractivity contribution is -0.139. The van der Waals surface area contributed by atoms with E-state index in [2.05, 4.69) is 15.7 Å². The van der Waals surface area contributed by atoms with Crippen LogP contribution >= 0.6 is 11.6 Å². The van der Waals surface area contributed by atoms with Gasteiger partial charge in [0, 0.05) is 23.7 Å². The van der Waals surface area contributed by atoms with Crippen molar-refractivity contribution in [2.24, 2.45) is 0 Å². The molecule has 4 N–H and O–H groups in total. The fraction of sp³-hybridized carbons (Fsp3) is 0.107. The first-order valence-corrected chi connectivity index (χ1v) is 12.1. The van der Waals surface area contributed by atoms with Crippen molar-refractivity contribution in [2.75, 3.05) is 0 Å². The molecule has 4 rings (SSSR count). The van der Waals surface area contributed by atoms with Gasteiger partial charge in [-0.2, -0.15) is 0 Å². The summed E-state index contributed by atoms with van der Waals surface area (Å²) in [7, 11) is 0. The lowest BCUT2D eigenvalue weighted by atomic mass is 10.1. The fourth-order valence-electron chi connectivity index (χ4n) is 3.76. The third-order valence-electron chi connectivity index (χ3n) is 5.80. The molecular weight excluding hydrogens is 524 g/mol. The molecule has 0 saturated carbocycles. The van der Waals surface area contributed by atoms with Gasteiger partial charge in [0.25, 0.3) is 17.7 Å². The molecule has 0 radical (unpaired) electrons. The molecule has 10 nitrogen and oxygen atoms in total. The van der Waals surface area contributed by atoms with Crippen molar-refractivity contribution < 1.29 is 29.4 Å². The zero-order valence-corrected chi connectivity index (χ0v) is 21.3. The summed E-state index contributed by atoms with van der Waals surface area (Å²) >= 11 is 6.37. The number of amides is 3. The van der Waals surface area contributed by atoms with Gasteiger partial charge in [0.2, 0.25) is 0 Å². The zero-order valence-electron chi connectivity index (χ0n) is 20.6. The average Bonchev–Trinajstić information content (AvgIpc) is 2.93. The Morgan fingerprint density at radius 3 is 2.41 bits per heavy atom. The number of rotatable bonds is 8. The summed E-state index contributed by atoms with van der Waals surface area (Å²) in [4.78, 5) is 55.5. The van der Waals surface area contributed by atoms with Crippen molar-refractivity contribution in [1.82, 2.24) is 20.7 Å². The largest absolute Gasteiger partial charge is 0.508 e. The van der Waals surface area contributed by atoms with Gasteiger partial charge in [0.1, 0.15) is 11.8 Å². The molecule has 1 heterocycles. The summed E-state index contributed by atoms with van der Waals surface area (Å²) in [6, 6.07) is 17.3. The number of imide groups is 1. The number of pyridine rings is 1. The van der Waals surface area contributed by atoms with E-state index in [1.165, 1.54) is 49.5 Å². The molecule has 1 atom stereocenters. The SMILES string of the molecule is C[C@H](NN(C(=O)c1ccc(C(=O)NCc2cccc(O)c2)cc1Cl)C(=O)c1ccnc2ccccc12)C(=O)O. The van der Waals surface area contributed by atoms with Crippen molar-refractivity contribution in [3.63, 3.8) is 0 Å². The Hall–Kier alpha value is -4.80. The lowest BCUT2D eigenvalue weighted by Crippen LogP contribution is -2.53. The zero-order chi connectivity index (χ0) is 28.1. The molecule has 0 aliphatic carbocycles. The van der Waals surface area contributed by atoms with E-state index in [1.54, 1.807) is 36.4 Å². The highest BCUT2D eigenvalue weighted by Crippen LogP contribution is 2.23. The third-order valence-corrected chi connectivity index (χ3v) is 6.12. The second kappa shape index (κ2) is 11.7. The van der Waals surface area contributed by atoms with Crippen molar-refractivity contribution in [1.29, 1.82) is 0 Å². The van der Waals surface area contributed by atoms with Gasteiger partial charge in [-0.15, -0.1) is 0 Å². The number of hydrazine groups is 1. The Labute approximate surface area is 227 Å². The van der Waals surface area contributed by atoms with Crippen LogP contribution in [0.4, 0.5) is 0 Å². The summed E-state index contributed by atoms with van der Waals surface area (Å²) < 4.78 is 0. The Morgan fingerprint density at radius 2 is 1.69 bits per heavy atom. The number of aliphatic carboxylic acids is 1. The van der Waals surface area contributed by atoms with E-state index >= 15 is 0 Å². The number of phenolic OH excluding ortho intramolecular Hbond substituents is 1. The maximum Gasteiger partial charge on any atom is 0.322 e. The predicted octanol–water partition coefficient (Wildman–Crippen LogP) is 3.78. The molecule has 1 aromatic heterocycles. The molecule has 0 fully saturated rings. The normalized spacial score (nSPS) is 11.5. The van der Waals surface area contributed by atoms with Crippen LogP contribution in [-0.4, -0.2) is 49.9 Å². The van der Waals surface area contributed by atoms with Gasteiger partial charge in [-0.05, 0) is 55.0 Å². The number of nitrogens with one attached hydrogen (secondary N) is 2. The number of fused-ring (bicyclic) bond motifs is 1. The van der Waals surface area contributed by atoms with E-state index in [9.17, 15) is 29.4 Å². The van der Waals surface area contributed by atoms with Gasteiger partial charge in [-0.25, -0.2) is 10.4 Å². The molecule has 0 aliphatic heterocycles. The van der Waals surface area contributed by atoms with Crippen LogP contribution in [0.15, 0.2) is 79.0 Å². The summed E-state index contributed by atoms with van der Waals surface area (Å²) in [5, 5.41) is 22.6. The quantitative estimate of drug-likeness (QED) is 0.193. The summed E-state index contributed by atoms with van der Waals surface area (Å²) in [6.45, 7) is 1.42. The number of carbonyl (C=O) groups is 4. The maximum absolute atomic E-state index is 13.6. The van der Waals surface area contributed by atoms with E-state index in [0.717, 1.165) is 0 Å². The number of hydrogen-bond donors (Lipinski definition) is 4. The molecule has 0 bridgehead atoms. The molecule has 0 unspecified atom stereocenters. The number of aromatic hydroxyl groups is 1. The van der Waals surface area contributed by atoms with E-state index in [-0.39, 0.29) is 34.0 Å². The monoisotopic (exact) mass is 546 g/mol. The summed E-state index contributed by atoms with van der Waals surface area (Å²) in [6.07, 6.45) is 1.41. The van der Waals surface area contributed by atoms with Crippen LogP contribution in [-0.2, 0) is 11.3 Å². The van der Waals surface area contributed by atoms with Crippen molar-refractivity contribution >= 4 is 46.2 Å². The molecule has 11 heteroatoms. The minimum Gasteiger partial charge on any atom is -0.508 e. The third kappa shape index (κ3) is 6.20. The number of phenols is 1. The Bertz CT molecular complexity index is 1590. The average molecular weight is 547 g/mol. The van der Waals surface area contributed by atoms with Gasteiger partial charge in [-0.1, -0.05) is 41.9 Å². The van der Waals surface area contributed by atoms with Crippen molar-refractivity contribution in [2.45, 2.75) is 19.5 Å². The molecule has 0 saturated heterocycles. The Kier molecular flexibility index (Phi) is 8.18. The van der Waals surface area contributed by atoms with Crippen molar-refractivity contribution in [3.05, 3.63) is 106 Å². The van der Waals surface area contributed by atoms with Gasteiger partial charge in [0.15, 0.2) is 0 Å². The molecule has 198 valence electrons. The van der Waals surface area contributed by atoms with Gasteiger partial charge >= 0.3 is 5.97 Å². The van der Waals surface area contributed by atoms with Gasteiger partial charge in [-0.3, -0.25) is 24.2 Å². The Balaban J connectivity index is 1.61. The van der Waals surface area contributed by atoms with E-state index in [0.29, 0.717) is 21.5 Å². The van der Waals surface area contributed by atoms with Gasteiger partial charge < -0.3 is 15.5 Å². The number of para-hydroxylation sites is 1. The minimum atomic E-state index is -1.30. The highest BCUT2D eigenvalue weighted by Gasteiger charge is 2.30. The van der Waals surface area contributed by atoms with Gasteiger partial charge in [0.05, 0.1) is 21.7 Å². The topological polar surface area (TPSA) is 149 Å². The van der Waals surface area contributed by atoms with Crippen LogP contribution in [0, 0.1) is 0 Å². The molecule has 4 aromatic rings. The number of nitrogens with zero attached hydrogens (tertiary/aromatic N) is 2. The first-order valence-electron chi connectivity index (χ1n) is 11.7. The highest BCUT2D eigenvalue weighted by atomic mass is 35.5. The van der Waals surface area contributed by atoms with Crippen molar-refractivity contribution in [3.8, 4) is 5.75 Å². The smallest absolute Gasteiger partial charge is 0.322 e. The molecule has 39 heavy (non-hydrogen) atoms. The van der Waals surface area contributed by atoms with E-state index < -0.39 is 29.7 Å². The van der Waals surface area contributed by atoms with Crippen LogP contribution < -0.4 is 10.7 Å². The number of aromatic nitrogens is 1. The summed E-state index contributed by atoms with van der Waals surface area (Å²) in [5.74, 6) is -3.42. The Morgan fingerprint density at radius 1 is 0.949 bits per heavy atom. The molecule has 0 aliphatic rings. The molecular formula is C28H23ClN4O6. The number of carboxylic acid groups (broad SMARTS) is 1. The predicted molar refractivity (Wildman–Crippen MR) is 143 cm³/mol. The van der Waals surface area contributed by atoms with Crippen LogP contribution in [0.3, 0.4) is 0 Å². The van der Waals surface area contributed by atoms with E-state index in [4.69, 9.17) is 11.6 Å². The van der Waals surface area contributed by atoms with Crippen LogP contribution in [0.5, 0.6) is 5.75 Å². The second-order valence-corrected chi connectivity index (χ2v) is 8.96. The van der Waals surface area contributed by atoms with Crippen LogP contribution in [0.25, 0.3) is 10.9 Å². The lowest BCUT2D eigenvalue weighted by Gasteiger charge is -2.25. The number of carbonyl (C=O) groups excluding carboxylic acids is 3. The fourth-order valence-corrected chi connectivity index (χ4v) is 4.02. The standard InChI is InChI=1S/C28H23ClN4O6/c1-16(28(38)39)32-33(26(36)21-11-12-30-24-8-3-2-7-20(21)24)27(37)22-10-9-18(14-23(22)29)25(35)31-15-17-5-4-6-19(34)13-17/h2-14,16,32,34H,15H2,1H3,(H,31,35)(H,38,39)/t16-/m0/s1. The number of benzene rings is 3. The minimum absolute atomic E-state index is 0.0670. The number of carboxylic acids is 1. The van der Waals surface area contributed by atoms with E-state index in [1.807, 2.05) is 0 Å². The molecule has 0 spiro atoms. The first kappa shape index (κ1) is 27.2. The number of halogens is 1. The highest BCUT2D eigenvalue weighted by molar-refractivity contribution is 6.34. The second-order valence-electron chi connectivity index (χ2n) is 8.56. The maximum atomic E-state index is 13.6. The van der Waals surface area contributed by atoms with Crippen LogP contribution in [0.2, 0.25) is 5.02 Å². The summed E-state index contributed by atoms with van der Waals surface area (Å²) in [5.41, 5.74) is 3.79.